The Morgan fingerprint density at radius 1 is 1.20 bits per heavy atom. The Balaban J connectivity index is 2.12. The first-order chi connectivity index (χ1) is 9.72. The molecule has 0 fully saturated rings. The number of rotatable bonds is 6. The van der Waals surface area contributed by atoms with Crippen molar-refractivity contribution in [1.82, 2.24) is 9.97 Å². The van der Waals surface area contributed by atoms with E-state index in [1.165, 1.54) is 6.07 Å². The lowest BCUT2D eigenvalue weighted by atomic mass is 10.2. The van der Waals surface area contributed by atoms with Gasteiger partial charge in [0.2, 0.25) is 5.88 Å². The minimum Gasteiger partial charge on any atom is -0.473 e. The summed E-state index contributed by atoms with van der Waals surface area (Å²) in [7, 11) is 0. The molecule has 5 heteroatoms. The van der Waals surface area contributed by atoms with Gasteiger partial charge in [-0.1, -0.05) is 25.1 Å². The standard InChI is InChI=1S/C15H18FN3O/c1-3-13-18-14(17-4-2)9-15(19-13)20-10-11-7-5-6-8-12(11)16/h5-9H,3-4,10H2,1-2H3,(H,17,18,19). The Morgan fingerprint density at radius 3 is 2.70 bits per heavy atom. The largest absolute Gasteiger partial charge is 0.473 e. The highest BCUT2D eigenvalue weighted by atomic mass is 19.1. The average Bonchev–Trinajstić information content (AvgIpc) is 2.46. The fourth-order valence-electron chi connectivity index (χ4n) is 1.74. The van der Waals surface area contributed by atoms with E-state index >= 15 is 0 Å². The summed E-state index contributed by atoms with van der Waals surface area (Å²) in [5, 5.41) is 3.13. The molecule has 2 aromatic rings. The molecule has 0 aliphatic heterocycles. The molecule has 4 nitrogen and oxygen atoms in total. The van der Waals surface area contributed by atoms with Crippen LogP contribution < -0.4 is 10.1 Å². The average molecular weight is 275 g/mol. The third-order valence-electron chi connectivity index (χ3n) is 2.76. The van der Waals surface area contributed by atoms with E-state index in [2.05, 4.69) is 15.3 Å². The van der Waals surface area contributed by atoms with E-state index in [-0.39, 0.29) is 12.4 Å². The van der Waals surface area contributed by atoms with Crippen LogP contribution in [-0.4, -0.2) is 16.5 Å². The van der Waals surface area contributed by atoms with Crippen molar-refractivity contribution in [1.29, 1.82) is 0 Å². The number of anilines is 1. The monoisotopic (exact) mass is 275 g/mol. The lowest BCUT2D eigenvalue weighted by molar-refractivity contribution is 0.286. The summed E-state index contributed by atoms with van der Waals surface area (Å²) in [4.78, 5) is 8.62. The van der Waals surface area contributed by atoms with Gasteiger partial charge in [0.15, 0.2) is 0 Å². The molecule has 1 aromatic heterocycles. The second-order valence-corrected chi connectivity index (χ2v) is 4.27. The van der Waals surface area contributed by atoms with Gasteiger partial charge in [0.05, 0.1) is 0 Å². The van der Waals surface area contributed by atoms with Crippen molar-refractivity contribution in [2.24, 2.45) is 0 Å². The summed E-state index contributed by atoms with van der Waals surface area (Å²) < 4.78 is 19.1. The Hall–Kier alpha value is -2.17. The molecular formula is C15H18FN3O. The summed E-state index contributed by atoms with van der Waals surface area (Å²) in [5.41, 5.74) is 0.508. The first-order valence-corrected chi connectivity index (χ1v) is 6.71. The van der Waals surface area contributed by atoms with Gasteiger partial charge >= 0.3 is 0 Å². The van der Waals surface area contributed by atoms with Gasteiger partial charge < -0.3 is 10.1 Å². The van der Waals surface area contributed by atoms with Gasteiger partial charge in [-0.3, -0.25) is 0 Å². The summed E-state index contributed by atoms with van der Waals surface area (Å²) in [6.07, 6.45) is 0.718. The van der Waals surface area contributed by atoms with Gasteiger partial charge in [-0.2, -0.15) is 4.98 Å². The zero-order chi connectivity index (χ0) is 14.4. The summed E-state index contributed by atoms with van der Waals surface area (Å²) in [6, 6.07) is 8.28. The first kappa shape index (κ1) is 14.2. The molecule has 0 spiro atoms. The maximum absolute atomic E-state index is 13.5. The fourth-order valence-corrected chi connectivity index (χ4v) is 1.74. The predicted octanol–water partition coefficient (Wildman–Crippen LogP) is 3.19. The number of halogens is 1. The van der Waals surface area contributed by atoms with Crippen LogP contribution in [0.5, 0.6) is 5.88 Å². The predicted molar refractivity (Wildman–Crippen MR) is 76.3 cm³/mol. The smallest absolute Gasteiger partial charge is 0.219 e. The fraction of sp³-hybridized carbons (Fsp3) is 0.333. The van der Waals surface area contributed by atoms with Crippen molar-refractivity contribution < 1.29 is 9.13 Å². The first-order valence-electron chi connectivity index (χ1n) is 6.71. The van der Waals surface area contributed by atoms with Crippen molar-refractivity contribution in [3.8, 4) is 5.88 Å². The molecular weight excluding hydrogens is 257 g/mol. The molecule has 0 bridgehead atoms. The second kappa shape index (κ2) is 6.84. The third-order valence-corrected chi connectivity index (χ3v) is 2.76. The highest BCUT2D eigenvalue weighted by molar-refractivity contribution is 5.38. The van der Waals surface area contributed by atoms with Crippen molar-refractivity contribution in [2.75, 3.05) is 11.9 Å². The van der Waals surface area contributed by atoms with Crippen molar-refractivity contribution in [3.63, 3.8) is 0 Å². The molecule has 1 heterocycles. The highest BCUT2D eigenvalue weighted by Gasteiger charge is 2.06. The molecule has 0 saturated heterocycles. The van der Waals surface area contributed by atoms with E-state index in [1.54, 1.807) is 24.3 Å². The van der Waals surface area contributed by atoms with Gasteiger partial charge in [0.25, 0.3) is 0 Å². The summed E-state index contributed by atoms with van der Waals surface area (Å²) >= 11 is 0. The van der Waals surface area contributed by atoms with Crippen LogP contribution in [0.4, 0.5) is 10.2 Å². The molecule has 0 atom stereocenters. The van der Waals surface area contributed by atoms with E-state index in [0.29, 0.717) is 17.3 Å². The van der Waals surface area contributed by atoms with Crippen molar-refractivity contribution in [2.45, 2.75) is 26.9 Å². The molecule has 1 N–H and O–H groups in total. The van der Waals surface area contributed by atoms with Gasteiger partial charge in [0, 0.05) is 24.6 Å². The SMILES string of the molecule is CCNc1cc(OCc2ccccc2F)nc(CC)n1. The minimum absolute atomic E-state index is 0.151. The number of aryl methyl sites for hydroxylation is 1. The Bertz CT molecular complexity index is 575. The van der Waals surface area contributed by atoms with Crippen LogP contribution in [0.3, 0.4) is 0 Å². The Labute approximate surface area is 118 Å². The minimum atomic E-state index is -0.274. The van der Waals surface area contributed by atoms with E-state index in [1.807, 2.05) is 13.8 Å². The van der Waals surface area contributed by atoms with E-state index in [0.717, 1.165) is 18.8 Å². The number of nitrogens with zero attached hydrogens (tertiary/aromatic N) is 2. The molecule has 0 amide bonds. The zero-order valence-corrected chi connectivity index (χ0v) is 11.7. The highest BCUT2D eigenvalue weighted by Crippen LogP contribution is 2.16. The number of hydrogen-bond donors (Lipinski definition) is 1. The second-order valence-electron chi connectivity index (χ2n) is 4.27. The maximum atomic E-state index is 13.5. The van der Waals surface area contributed by atoms with Crippen LogP contribution in [0.2, 0.25) is 0 Å². The lowest BCUT2D eigenvalue weighted by Crippen LogP contribution is -2.06. The molecule has 0 aliphatic carbocycles. The number of ether oxygens (including phenoxy) is 1. The van der Waals surface area contributed by atoms with Crippen molar-refractivity contribution >= 4 is 5.82 Å². The van der Waals surface area contributed by atoms with E-state index in [9.17, 15) is 4.39 Å². The zero-order valence-electron chi connectivity index (χ0n) is 11.7. The van der Waals surface area contributed by atoms with Gasteiger partial charge in [0.1, 0.15) is 24.1 Å². The van der Waals surface area contributed by atoms with Crippen LogP contribution in [0.1, 0.15) is 25.2 Å². The van der Waals surface area contributed by atoms with Crippen LogP contribution in [0.15, 0.2) is 30.3 Å². The molecule has 106 valence electrons. The molecule has 0 aliphatic rings. The van der Waals surface area contributed by atoms with Gasteiger partial charge in [-0.05, 0) is 13.0 Å². The van der Waals surface area contributed by atoms with Gasteiger partial charge in [-0.15, -0.1) is 0 Å². The van der Waals surface area contributed by atoms with Gasteiger partial charge in [-0.25, -0.2) is 9.37 Å². The summed E-state index contributed by atoms with van der Waals surface area (Å²) in [6.45, 7) is 4.89. The molecule has 20 heavy (non-hydrogen) atoms. The molecule has 1 aromatic carbocycles. The lowest BCUT2D eigenvalue weighted by Gasteiger charge is -2.10. The van der Waals surface area contributed by atoms with Crippen molar-refractivity contribution in [3.05, 3.63) is 47.5 Å². The summed E-state index contributed by atoms with van der Waals surface area (Å²) in [5.74, 6) is 1.61. The number of benzene rings is 1. The topological polar surface area (TPSA) is 47.0 Å². The van der Waals surface area contributed by atoms with E-state index < -0.39 is 0 Å². The Kier molecular flexibility index (Phi) is 4.87. The Morgan fingerprint density at radius 2 is 2.00 bits per heavy atom. The number of nitrogens with one attached hydrogen (secondary N) is 1. The molecule has 2 rings (SSSR count). The van der Waals surface area contributed by atoms with Crippen LogP contribution in [-0.2, 0) is 13.0 Å². The quantitative estimate of drug-likeness (QED) is 0.879. The number of hydrogen-bond acceptors (Lipinski definition) is 4. The molecule has 0 unspecified atom stereocenters. The van der Waals surface area contributed by atoms with Crippen LogP contribution in [0, 0.1) is 5.82 Å². The molecule has 0 saturated carbocycles. The normalized spacial score (nSPS) is 10.3. The van der Waals surface area contributed by atoms with E-state index in [4.69, 9.17) is 4.74 Å². The third kappa shape index (κ3) is 3.66. The number of aromatic nitrogens is 2. The maximum Gasteiger partial charge on any atom is 0.219 e. The van der Waals surface area contributed by atoms with Crippen LogP contribution >= 0.6 is 0 Å². The molecule has 0 radical (unpaired) electrons. The van der Waals surface area contributed by atoms with Crippen LogP contribution in [0.25, 0.3) is 0 Å².